The molecular weight excluding hydrogens is 247 g/mol. The van der Waals surface area contributed by atoms with E-state index in [0.29, 0.717) is 0 Å². The van der Waals surface area contributed by atoms with Crippen LogP contribution >= 0.6 is 7.82 Å². The molecule has 6 N–H and O–H groups in total. The quantitative estimate of drug-likeness (QED) is 0.289. The molecule has 1 aliphatic rings. The van der Waals surface area contributed by atoms with Gasteiger partial charge in [0.05, 0.1) is 6.61 Å². The summed E-state index contributed by atoms with van der Waals surface area (Å²) in [6, 6.07) is 0. The highest BCUT2D eigenvalue weighted by Gasteiger charge is 2.46. The van der Waals surface area contributed by atoms with Crippen LogP contribution in [0.3, 0.4) is 0 Å². The van der Waals surface area contributed by atoms with Crippen LogP contribution < -0.4 is 0 Å². The highest BCUT2D eigenvalue weighted by molar-refractivity contribution is 7.46. The summed E-state index contributed by atoms with van der Waals surface area (Å²) in [4.78, 5) is 17.0. The smallest absolute Gasteiger partial charge is 0.394 e. The molecule has 0 saturated carbocycles. The molecule has 0 aromatic heterocycles. The second kappa shape index (κ2) is 5.05. The van der Waals surface area contributed by atoms with Crippen molar-refractivity contribution in [1.82, 2.24) is 0 Å². The minimum atomic E-state index is -4.91. The lowest BCUT2D eigenvalue weighted by Crippen LogP contribution is -2.58. The molecule has 1 heterocycles. The molecule has 1 fully saturated rings. The number of rotatable bonds is 3. The van der Waals surface area contributed by atoms with Gasteiger partial charge in [0.15, 0.2) is 6.29 Å². The fourth-order valence-corrected chi connectivity index (χ4v) is 1.73. The molecule has 1 aliphatic heterocycles. The Bertz CT molecular complexity index is 275. The molecule has 96 valence electrons. The standard InChI is InChI=1S/C6H13O9P/c7-1-2-3(8)4(9)5(10)6(14-2)15-16(11,12)13/h2-10H,1H2,(H2,11,12,13)/t2-,3+,4-,5-,6+/m0/s1. The minimum Gasteiger partial charge on any atom is -0.394 e. The first-order chi connectivity index (χ1) is 7.26. The summed E-state index contributed by atoms with van der Waals surface area (Å²) in [6.07, 6.45) is -8.25. The lowest BCUT2D eigenvalue weighted by Gasteiger charge is -2.39. The van der Waals surface area contributed by atoms with Crippen LogP contribution in [-0.2, 0) is 13.8 Å². The van der Waals surface area contributed by atoms with Gasteiger partial charge in [-0.15, -0.1) is 0 Å². The molecule has 1 rings (SSSR count). The second-order valence-corrected chi connectivity index (χ2v) is 4.49. The molecule has 0 unspecified atom stereocenters. The van der Waals surface area contributed by atoms with Crippen molar-refractivity contribution in [3.05, 3.63) is 0 Å². The van der Waals surface area contributed by atoms with Gasteiger partial charge in [-0.05, 0) is 0 Å². The van der Waals surface area contributed by atoms with Gasteiger partial charge in [0.25, 0.3) is 0 Å². The average molecular weight is 260 g/mol. The van der Waals surface area contributed by atoms with Crippen LogP contribution in [0.15, 0.2) is 0 Å². The van der Waals surface area contributed by atoms with Crippen LogP contribution in [0, 0.1) is 0 Å². The monoisotopic (exact) mass is 260 g/mol. The van der Waals surface area contributed by atoms with E-state index in [4.69, 9.17) is 14.9 Å². The Morgan fingerprint density at radius 1 is 1.12 bits per heavy atom. The summed E-state index contributed by atoms with van der Waals surface area (Å²) in [5.74, 6) is 0. The van der Waals surface area contributed by atoms with Crippen molar-refractivity contribution in [3.8, 4) is 0 Å². The third-order valence-electron chi connectivity index (χ3n) is 2.09. The Kier molecular flexibility index (Phi) is 4.41. The predicted octanol–water partition coefficient (Wildman–Crippen LogP) is -3.10. The Morgan fingerprint density at radius 3 is 2.12 bits per heavy atom. The normalized spacial score (nSPS) is 41.0. The zero-order valence-electron chi connectivity index (χ0n) is 7.95. The number of aliphatic hydroxyl groups excluding tert-OH is 4. The molecule has 0 aromatic carbocycles. The average Bonchev–Trinajstić information content (AvgIpc) is 2.17. The SMILES string of the molecule is O=P(O)(O)O[C@H]1O[C@@H](CO)[C@@H](O)[C@H](O)[C@@H]1O. The van der Waals surface area contributed by atoms with E-state index in [1.165, 1.54) is 0 Å². The maximum atomic E-state index is 10.5. The number of phosphoric acid groups is 1. The largest absolute Gasteiger partial charge is 0.472 e. The number of hydrogen-bond acceptors (Lipinski definition) is 7. The first kappa shape index (κ1) is 14.0. The molecule has 9 nitrogen and oxygen atoms in total. The summed E-state index contributed by atoms with van der Waals surface area (Å²) < 4.78 is 19.2. The molecule has 0 aliphatic carbocycles. The highest BCUT2D eigenvalue weighted by Crippen LogP contribution is 2.40. The van der Waals surface area contributed by atoms with E-state index >= 15 is 0 Å². The number of hydrogen-bond donors (Lipinski definition) is 6. The van der Waals surface area contributed by atoms with E-state index in [2.05, 4.69) is 9.26 Å². The summed E-state index contributed by atoms with van der Waals surface area (Å²) >= 11 is 0. The van der Waals surface area contributed by atoms with Crippen molar-refractivity contribution in [2.45, 2.75) is 30.7 Å². The van der Waals surface area contributed by atoms with Crippen molar-refractivity contribution < 1.29 is 44.0 Å². The number of ether oxygens (including phenoxy) is 1. The molecule has 0 amide bonds. The summed E-state index contributed by atoms with van der Waals surface area (Å²) in [6.45, 7) is -0.702. The third kappa shape index (κ3) is 3.20. The molecule has 10 heteroatoms. The lowest BCUT2D eigenvalue weighted by molar-refractivity contribution is -0.280. The van der Waals surface area contributed by atoms with Crippen LogP contribution in [0.5, 0.6) is 0 Å². The van der Waals surface area contributed by atoms with Crippen molar-refractivity contribution in [2.24, 2.45) is 0 Å². The molecule has 0 bridgehead atoms. The first-order valence-corrected chi connectivity index (χ1v) is 5.83. The summed E-state index contributed by atoms with van der Waals surface area (Å²) in [5, 5.41) is 36.6. The second-order valence-electron chi connectivity index (χ2n) is 3.29. The van der Waals surface area contributed by atoms with E-state index in [0.717, 1.165) is 0 Å². The molecule has 0 spiro atoms. The number of aliphatic hydroxyl groups is 4. The highest BCUT2D eigenvalue weighted by atomic mass is 31.2. The van der Waals surface area contributed by atoms with Crippen molar-refractivity contribution in [3.63, 3.8) is 0 Å². The topological polar surface area (TPSA) is 157 Å². The lowest BCUT2D eigenvalue weighted by atomic mass is 10.00. The maximum absolute atomic E-state index is 10.5. The van der Waals surface area contributed by atoms with Gasteiger partial charge in [-0.2, -0.15) is 0 Å². The van der Waals surface area contributed by atoms with Crippen LogP contribution in [-0.4, -0.2) is 67.5 Å². The van der Waals surface area contributed by atoms with Gasteiger partial charge in [-0.3, -0.25) is 4.52 Å². The van der Waals surface area contributed by atoms with Crippen LogP contribution in [0.2, 0.25) is 0 Å². The number of phosphoric ester groups is 1. The third-order valence-corrected chi connectivity index (χ3v) is 2.57. The van der Waals surface area contributed by atoms with Gasteiger partial charge >= 0.3 is 7.82 Å². The van der Waals surface area contributed by atoms with Gasteiger partial charge in [0, 0.05) is 0 Å². The van der Waals surface area contributed by atoms with Crippen molar-refractivity contribution in [1.29, 1.82) is 0 Å². The Morgan fingerprint density at radius 2 is 1.69 bits per heavy atom. The molecule has 1 saturated heterocycles. The Balaban J connectivity index is 2.75. The summed E-state index contributed by atoms with van der Waals surface area (Å²) in [7, 11) is -4.91. The predicted molar refractivity (Wildman–Crippen MR) is 46.9 cm³/mol. The molecular formula is C6H13O9P. The molecule has 0 aromatic rings. The van der Waals surface area contributed by atoms with Crippen molar-refractivity contribution in [2.75, 3.05) is 6.61 Å². The van der Waals surface area contributed by atoms with Crippen LogP contribution in [0.4, 0.5) is 0 Å². The van der Waals surface area contributed by atoms with Gasteiger partial charge in [-0.1, -0.05) is 0 Å². The van der Waals surface area contributed by atoms with Gasteiger partial charge in [0.1, 0.15) is 24.4 Å². The molecule has 16 heavy (non-hydrogen) atoms. The van der Waals surface area contributed by atoms with Crippen molar-refractivity contribution >= 4 is 7.82 Å². The first-order valence-electron chi connectivity index (χ1n) is 4.30. The van der Waals surface area contributed by atoms with Gasteiger partial charge < -0.3 is 34.9 Å². The van der Waals surface area contributed by atoms with Gasteiger partial charge in [0.2, 0.25) is 0 Å². The van der Waals surface area contributed by atoms with Crippen LogP contribution in [0.1, 0.15) is 0 Å². The zero-order chi connectivity index (χ0) is 12.5. The van der Waals surface area contributed by atoms with E-state index < -0.39 is 45.1 Å². The molecule has 0 radical (unpaired) electrons. The van der Waals surface area contributed by atoms with E-state index in [-0.39, 0.29) is 0 Å². The summed E-state index contributed by atoms with van der Waals surface area (Å²) in [5.41, 5.74) is 0. The minimum absolute atomic E-state index is 0.702. The van der Waals surface area contributed by atoms with E-state index in [1.54, 1.807) is 0 Å². The van der Waals surface area contributed by atoms with E-state index in [1.807, 2.05) is 0 Å². The fourth-order valence-electron chi connectivity index (χ4n) is 1.29. The van der Waals surface area contributed by atoms with Gasteiger partial charge in [-0.25, -0.2) is 4.57 Å². The Hall–Kier alpha value is -0.0900. The maximum Gasteiger partial charge on any atom is 0.472 e. The molecule has 5 atom stereocenters. The van der Waals surface area contributed by atoms with E-state index in [9.17, 15) is 19.9 Å². The fraction of sp³-hybridized carbons (Fsp3) is 1.00. The Labute approximate surface area is 90.1 Å². The van der Waals surface area contributed by atoms with Crippen LogP contribution in [0.25, 0.3) is 0 Å². The zero-order valence-corrected chi connectivity index (χ0v) is 8.84.